The fourth-order valence-corrected chi connectivity index (χ4v) is 6.01. The molecule has 5 rings (SSSR count). The fourth-order valence-electron chi connectivity index (χ4n) is 6.01. The van der Waals surface area contributed by atoms with Gasteiger partial charge < -0.3 is 20.1 Å². The summed E-state index contributed by atoms with van der Waals surface area (Å²) in [5, 5.41) is 12.6. The maximum absolute atomic E-state index is 13.7. The van der Waals surface area contributed by atoms with Crippen LogP contribution in [0.15, 0.2) is 78.9 Å². The first-order valence-corrected chi connectivity index (χ1v) is 13.7. The summed E-state index contributed by atoms with van der Waals surface area (Å²) in [5.74, 6) is -1.72. The molecule has 0 bridgehead atoms. The van der Waals surface area contributed by atoms with Crippen molar-refractivity contribution in [1.82, 2.24) is 15.1 Å². The van der Waals surface area contributed by atoms with Crippen molar-refractivity contribution in [2.45, 2.75) is 37.9 Å². The number of aliphatic carboxylic acids is 1. The molecule has 3 atom stereocenters. The van der Waals surface area contributed by atoms with Crippen molar-refractivity contribution in [1.29, 1.82) is 0 Å². The molecule has 0 radical (unpaired) electrons. The molecular weight excluding hydrogens is 506 g/mol. The maximum atomic E-state index is 13.7. The largest absolute Gasteiger partial charge is 0.480 e. The first-order chi connectivity index (χ1) is 19.3. The summed E-state index contributed by atoms with van der Waals surface area (Å²) < 4.78 is 5.72. The van der Waals surface area contributed by atoms with Crippen molar-refractivity contribution in [3.05, 3.63) is 95.6 Å². The van der Waals surface area contributed by atoms with Gasteiger partial charge in [-0.05, 0) is 47.2 Å². The molecular formula is C32H35N3O5. The van der Waals surface area contributed by atoms with Crippen LogP contribution in [-0.2, 0) is 20.9 Å². The summed E-state index contributed by atoms with van der Waals surface area (Å²) in [6.07, 6.45) is -0.104. The number of carbonyl (C=O) groups is 3. The number of ether oxygens (including phenoxy) is 1. The predicted molar refractivity (Wildman–Crippen MR) is 152 cm³/mol. The zero-order valence-corrected chi connectivity index (χ0v) is 22.8. The van der Waals surface area contributed by atoms with E-state index in [1.807, 2.05) is 85.6 Å². The number of likely N-dealkylation sites (tertiary alicyclic amines) is 1. The lowest BCUT2D eigenvalue weighted by Crippen LogP contribution is -2.56. The topological polar surface area (TPSA) is 99.2 Å². The van der Waals surface area contributed by atoms with Gasteiger partial charge in [-0.15, -0.1) is 0 Å². The van der Waals surface area contributed by atoms with E-state index >= 15 is 0 Å². The van der Waals surface area contributed by atoms with E-state index in [9.17, 15) is 19.5 Å². The first-order valence-electron chi connectivity index (χ1n) is 13.7. The van der Waals surface area contributed by atoms with Crippen LogP contribution in [0, 0.1) is 5.92 Å². The lowest BCUT2D eigenvalue weighted by Gasteiger charge is -2.30. The van der Waals surface area contributed by atoms with Gasteiger partial charge in [-0.1, -0.05) is 85.8 Å². The molecule has 208 valence electrons. The van der Waals surface area contributed by atoms with Gasteiger partial charge in [0.05, 0.1) is 0 Å². The number of nitrogens with one attached hydrogen (secondary N) is 1. The second-order valence-corrected chi connectivity index (χ2v) is 10.8. The lowest BCUT2D eigenvalue weighted by atomic mass is 9.98. The normalized spacial score (nSPS) is 18.7. The average Bonchev–Trinajstić information content (AvgIpc) is 3.49. The Balaban J connectivity index is 1.30. The summed E-state index contributed by atoms with van der Waals surface area (Å²) >= 11 is 0. The van der Waals surface area contributed by atoms with Gasteiger partial charge in [0.2, 0.25) is 5.91 Å². The molecule has 1 saturated heterocycles. The van der Waals surface area contributed by atoms with Crippen molar-refractivity contribution in [2.75, 3.05) is 26.7 Å². The highest BCUT2D eigenvalue weighted by Gasteiger charge is 2.42. The van der Waals surface area contributed by atoms with E-state index in [4.69, 9.17) is 4.74 Å². The number of carboxylic acids is 1. The van der Waals surface area contributed by atoms with E-state index < -0.39 is 30.1 Å². The number of nitrogens with zero attached hydrogens (tertiary/aromatic N) is 2. The maximum Gasteiger partial charge on any atom is 0.407 e. The Labute approximate surface area is 234 Å². The summed E-state index contributed by atoms with van der Waals surface area (Å²) in [6, 6.07) is 24.1. The van der Waals surface area contributed by atoms with Crippen LogP contribution in [0.3, 0.4) is 0 Å². The molecule has 3 unspecified atom stereocenters. The highest BCUT2D eigenvalue weighted by Crippen LogP contribution is 2.44. The van der Waals surface area contributed by atoms with Gasteiger partial charge in [-0.3, -0.25) is 9.69 Å². The van der Waals surface area contributed by atoms with Crippen LogP contribution in [0.25, 0.3) is 11.1 Å². The highest BCUT2D eigenvalue weighted by atomic mass is 16.5. The second kappa shape index (κ2) is 11.9. The predicted octanol–water partition coefficient (Wildman–Crippen LogP) is 4.35. The van der Waals surface area contributed by atoms with E-state index in [0.29, 0.717) is 19.5 Å². The Bertz CT molecular complexity index is 1330. The van der Waals surface area contributed by atoms with Gasteiger partial charge in [0.25, 0.3) is 0 Å². The van der Waals surface area contributed by atoms with Crippen LogP contribution in [0.4, 0.5) is 4.79 Å². The SMILES string of the molecule is CC1CCN(C(=O)C(CN(C)Cc2ccccc2)NC(=O)OCC2c3ccccc3-c3ccccc32)C1C(=O)O. The quantitative estimate of drug-likeness (QED) is 0.418. The number of alkyl carbamates (subject to hydrolysis) is 1. The molecule has 8 nitrogen and oxygen atoms in total. The molecule has 0 saturated carbocycles. The van der Waals surface area contributed by atoms with Gasteiger partial charge in [0.1, 0.15) is 18.7 Å². The number of carboxylic acid groups (broad SMARTS) is 1. The summed E-state index contributed by atoms with van der Waals surface area (Å²) in [5.41, 5.74) is 5.52. The van der Waals surface area contributed by atoms with Gasteiger partial charge in [-0.25, -0.2) is 9.59 Å². The molecule has 40 heavy (non-hydrogen) atoms. The van der Waals surface area contributed by atoms with Crippen molar-refractivity contribution in [3.63, 3.8) is 0 Å². The summed E-state index contributed by atoms with van der Waals surface area (Å²) in [4.78, 5) is 42.1. The first kappa shape index (κ1) is 27.4. The fraction of sp³-hybridized carbons (Fsp3) is 0.344. The van der Waals surface area contributed by atoms with Crippen molar-refractivity contribution >= 4 is 18.0 Å². The zero-order chi connectivity index (χ0) is 28.2. The van der Waals surface area contributed by atoms with Crippen molar-refractivity contribution in [3.8, 4) is 11.1 Å². The van der Waals surface area contributed by atoms with Crippen molar-refractivity contribution < 1.29 is 24.2 Å². The number of hydrogen-bond donors (Lipinski definition) is 2. The van der Waals surface area contributed by atoms with Crippen LogP contribution in [0.1, 0.15) is 36.0 Å². The molecule has 2 amide bonds. The number of likely N-dealkylation sites (N-methyl/N-ethyl adjacent to an activating group) is 1. The summed E-state index contributed by atoms with van der Waals surface area (Å²) in [7, 11) is 1.87. The van der Waals surface area contributed by atoms with Gasteiger partial charge in [0.15, 0.2) is 0 Å². The van der Waals surface area contributed by atoms with E-state index in [0.717, 1.165) is 27.8 Å². The Hall–Kier alpha value is -4.17. The third-order valence-corrected chi connectivity index (χ3v) is 7.96. The summed E-state index contributed by atoms with van der Waals surface area (Å²) in [6.45, 7) is 3.06. The van der Waals surface area contributed by atoms with Gasteiger partial charge in [-0.2, -0.15) is 0 Å². The molecule has 1 heterocycles. The van der Waals surface area contributed by atoms with E-state index in [2.05, 4.69) is 17.4 Å². The van der Waals surface area contributed by atoms with Crippen LogP contribution in [0.2, 0.25) is 0 Å². The molecule has 8 heteroatoms. The van der Waals surface area contributed by atoms with Crippen LogP contribution in [-0.4, -0.2) is 71.7 Å². The molecule has 2 N–H and O–H groups in total. The van der Waals surface area contributed by atoms with Gasteiger partial charge in [0, 0.05) is 25.6 Å². The third-order valence-electron chi connectivity index (χ3n) is 7.96. The molecule has 1 aliphatic carbocycles. The molecule has 2 aliphatic rings. The number of benzene rings is 3. The monoisotopic (exact) mass is 541 g/mol. The minimum atomic E-state index is -1.03. The molecule has 0 aromatic heterocycles. The number of hydrogen-bond acceptors (Lipinski definition) is 5. The van der Waals surface area contributed by atoms with Crippen LogP contribution < -0.4 is 5.32 Å². The molecule has 1 aliphatic heterocycles. The highest BCUT2D eigenvalue weighted by molar-refractivity contribution is 5.90. The standard InChI is InChI=1S/C32H35N3O5/c1-21-16-17-35(29(21)31(37)38)30(36)28(19-34(2)18-22-10-4-3-5-11-22)33-32(39)40-20-27-25-14-8-6-12-23(25)24-13-7-9-15-26(24)27/h3-15,21,27-29H,16-20H2,1-2H3,(H,33,39)(H,37,38). The Kier molecular flexibility index (Phi) is 8.16. The molecule has 3 aromatic rings. The van der Waals surface area contributed by atoms with E-state index in [1.165, 1.54) is 4.90 Å². The van der Waals surface area contributed by atoms with Crippen LogP contribution >= 0.6 is 0 Å². The minimum absolute atomic E-state index is 0.108. The van der Waals surface area contributed by atoms with E-state index in [-0.39, 0.29) is 25.0 Å². The molecule has 1 fully saturated rings. The Morgan fingerprint density at radius 1 is 0.975 bits per heavy atom. The molecule has 0 spiro atoms. The second-order valence-electron chi connectivity index (χ2n) is 10.8. The number of amides is 2. The Morgan fingerprint density at radius 3 is 2.20 bits per heavy atom. The van der Waals surface area contributed by atoms with Crippen LogP contribution in [0.5, 0.6) is 0 Å². The number of fused-ring (bicyclic) bond motifs is 3. The lowest BCUT2D eigenvalue weighted by molar-refractivity contribution is -0.150. The van der Waals surface area contributed by atoms with Gasteiger partial charge >= 0.3 is 12.1 Å². The van der Waals surface area contributed by atoms with Crippen molar-refractivity contribution in [2.24, 2.45) is 5.92 Å². The minimum Gasteiger partial charge on any atom is -0.480 e. The number of rotatable bonds is 9. The smallest absolute Gasteiger partial charge is 0.407 e. The average molecular weight is 542 g/mol. The number of carbonyl (C=O) groups excluding carboxylic acids is 2. The molecule has 3 aromatic carbocycles. The Morgan fingerprint density at radius 2 is 1.57 bits per heavy atom. The third kappa shape index (κ3) is 5.72. The zero-order valence-electron chi connectivity index (χ0n) is 22.8. The van der Waals surface area contributed by atoms with E-state index in [1.54, 1.807) is 0 Å².